The largest absolute Gasteiger partial charge is 0.496 e. The zero-order valence-electron chi connectivity index (χ0n) is 6.32. The maximum Gasteiger partial charge on any atom is 0.143 e. The van der Waals surface area contributed by atoms with Crippen LogP contribution in [0.3, 0.4) is 0 Å². The molecule has 0 saturated heterocycles. The predicted molar refractivity (Wildman–Crippen MR) is 45.4 cm³/mol. The molecule has 0 aliphatic heterocycles. The van der Waals surface area contributed by atoms with Crippen molar-refractivity contribution in [3.05, 3.63) is 28.0 Å². The molecule has 0 amide bonds. The Morgan fingerprint density at radius 2 is 2.09 bits per heavy atom. The molecule has 0 unspecified atom stereocenters. The Kier molecular flexibility index (Phi) is 2.49. The van der Waals surface area contributed by atoms with Crippen molar-refractivity contribution in [3.63, 3.8) is 0 Å². The topological polar surface area (TPSA) is 9.23 Å². The van der Waals surface area contributed by atoms with Gasteiger partial charge in [0.2, 0.25) is 0 Å². The summed E-state index contributed by atoms with van der Waals surface area (Å²) < 4.78 is 18.4. The van der Waals surface area contributed by atoms with Gasteiger partial charge in [0.05, 0.1) is 11.6 Å². The van der Waals surface area contributed by atoms with Crippen LogP contribution in [0.15, 0.2) is 16.6 Å². The molecule has 1 aromatic carbocycles. The highest BCUT2D eigenvalue weighted by molar-refractivity contribution is 9.10. The lowest BCUT2D eigenvalue weighted by molar-refractivity contribution is 0.407. The molecule has 0 fully saturated rings. The van der Waals surface area contributed by atoms with Gasteiger partial charge in [-0.1, -0.05) is 0 Å². The monoisotopic (exact) mass is 218 g/mol. The summed E-state index contributed by atoms with van der Waals surface area (Å²) in [5.74, 6) is 0.315. The third-order valence-electron chi connectivity index (χ3n) is 1.51. The summed E-state index contributed by atoms with van der Waals surface area (Å²) >= 11 is 3.08. The minimum absolute atomic E-state index is 0.260. The maximum absolute atomic E-state index is 13.1. The first kappa shape index (κ1) is 8.53. The van der Waals surface area contributed by atoms with E-state index in [2.05, 4.69) is 15.9 Å². The molecule has 1 rings (SSSR count). The van der Waals surface area contributed by atoms with E-state index in [0.717, 1.165) is 0 Å². The predicted octanol–water partition coefficient (Wildman–Crippen LogP) is 2.91. The Morgan fingerprint density at radius 1 is 1.45 bits per heavy atom. The maximum atomic E-state index is 13.1. The van der Waals surface area contributed by atoms with Crippen LogP contribution in [-0.2, 0) is 0 Å². The number of hydrogen-bond donors (Lipinski definition) is 0. The Morgan fingerprint density at radius 3 is 2.64 bits per heavy atom. The normalized spacial score (nSPS) is 9.82. The standard InChI is InChI=1S/C8H8BrFO/c1-5-7(11-2)4-3-6(9)8(5)10/h3-4H,1-2H3. The van der Waals surface area contributed by atoms with Crippen LogP contribution in [0, 0.1) is 12.7 Å². The Balaban J connectivity index is 3.25. The number of ether oxygens (including phenoxy) is 1. The third-order valence-corrected chi connectivity index (χ3v) is 2.12. The van der Waals surface area contributed by atoms with Gasteiger partial charge in [-0.3, -0.25) is 0 Å². The van der Waals surface area contributed by atoms with Gasteiger partial charge >= 0.3 is 0 Å². The number of hydrogen-bond acceptors (Lipinski definition) is 1. The molecule has 0 aliphatic rings. The van der Waals surface area contributed by atoms with Crippen molar-refractivity contribution in [1.29, 1.82) is 0 Å². The summed E-state index contributed by atoms with van der Waals surface area (Å²) in [6, 6.07) is 3.35. The lowest BCUT2D eigenvalue weighted by atomic mass is 10.2. The fourth-order valence-electron chi connectivity index (χ4n) is 0.855. The van der Waals surface area contributed by atoms with E-state index in [0.29, 0.717) is 15.8 Å². The summed E-state index contributed by atoms with van der Waals surface area (Å²) in [4.78, 5) is 0. The van der Waals surface area contributed by atoms with Gasteiger partial charge in [0, 0.05) is 5.56 Å². The van der Waals surface area contributed by atoms with Gasteiger partial charge in [-0.05, 0) is 35.0 Å². The highest BCUT2D eigenvalue weighted by atomic mass is 79.9. The first-order chi connectivity index (χ1) is 5.16. The average Bonchev–Trinajstić information content (AvgIpc) is 2.01. The Labute approximate surface area is 73.3 Å². The van der Waals surface area contributed by atoms with Crippen LogP contribution in [0.5, 0.6) is 5.75 Å². The van der Waals surface area contributed by atoms with Gasteiger partial charge in [-0.25, -0.2) is 4.39 Å². The van der Waals surface area contributed by atoms with E-state index in [9.17, 15) is 4.39 Å². The van der Waals surface area contributed by atoms with Crippen LogP contribution in [0.25, 0.3) is 0 Å². The minimum atomic E-state index is -0.260. The molecule has 0 radical (unpaired) electrons. The zero-order valence-corrected chi connectivity index (χ0v) is 7.90. The molecule has 0 spiro atoms. The number of benzene rings is 1. The molecular formula is C8H8BrFO. The average molecular weight is 219 g/mol. The first-order valence-corrected chi connectivity index (χ1v) is 3.94. The lowest BCUT2D eigenvalue weighted by Gasteiger charge is -2.05. The molecule has 3 heteroatoms. The molecule has 60 valence electrons. The van der Waals surface area contributed by atoms with Crippen molar-refractivity contribution >= 4 is 15.9 Å². The Hall–Kier alpha value is -0.570. The van der Waals surface area contributed by atoms with Crippen molar-refractivity contribution in [3.8, 4) is 5.75 Å². The summed E-state index contributed by atoms with van der Waals surface area (Å²) in [6.07, 6.45) is 0. The zero-order chi connectivity index (χ0) is 8.43. The van der Waals surface area contributed by atoms with Crippen LogP contribution in [0.2, 0.25) is 0 Å². The lowest BCUT2D eigenvalue weighted by Crippen LogP contribution is -1.90. The molecule has 0 aromatic heterocycles. The van der Waals surface area contributed by atoms with E-state index in [4.69, 9.17) is 4.74 Å². The number of halogens is 2. The second-order valence-electron chi connectivity index (χ2n) is 2.19. The molecule has 11 heavy (non-hydrogen) atoms. The Bertz CT molecular complexity index is 273. The van der Waals surface area contributed by atoms with Crippen molar-refractivity contribution in [2.75, 3.05) is 7.11 Å². The van der Waals surface area contributed by atoms with E-state index in [1.165, 1.54) is 7.11 Å². The molecule has 0 aliphatic carbocycles. The van der Waals surface area contributed by atoms with E-state index in [-0.39, 0.29) is 5.82 Å². The van der Waals surface area contributed by atoms with Crippen LogP contribution < -0.4 is 4.74 Å². The van der Waals surface area contributed by atoms with Crippen LogP contribution in [0.1, 0.15) is 5.56 Å². The summed E-state index contributed by atoms with van der Waals surface area (Å²) in [5, 5.41) is 0. The minimum Gasteiger partial charge on any atom is -0.496 e. The van der Waals surface area contributed by atoms with E-state index in [1.54, 1.807) is 19.1 Å². The van der Waals surface area contributed by atoms with Crippen LogP contribution >= 0.6 is 15.9 Å². The quantitative estimate of drug-likeness (QED) is 0.705. The van der Waals surface area contributed by atoms with Crippen molar-refractivity contribution in [2.45, 2.75) is 6.92 Å². The highest BCUT2D eigenvalue weighted by Crippen LogP contribution is 2.26. The highest BCUT2D eigenvalue weighted by Gasteiger charge is 2.06. The van der Waals surface area contributed by atoms with Crippen LogP contribution in [0.4, 0.5) is 4.39 Å². The van der Waals surface area contributed by atoms with Crippen LogP contribution in [-0.4, -0.2) is 7.11 Å². The summed E-state index contributed by atoms with van der Waals surface area (Å²) in [5.41, 5.74) is 0.530. The molecule has 0 N–H and O–H groups in total. The van der Waals surface area contributed by atoms with Crippen molar-refractivity contribution in [1.82, 2.24) is 0 Å². The SMILES string of the molecule is COc1ccc(Br)c(F)c1C. The second-order valence-corrected chi connectivity index (χ2v) is 3.04. The summed E-state index contributed by atoms with van der Waals surface area (Å²) in [7, 11) is 1.52. The van der Waals surface area contributed by atoms with Crippen molar-refractivity contribution < 1.29 is 9.13 Å². The smallest absolute Gasteiger partial charge is 0.143 e. The van der Waals surface area contributed by atoms with E-state index in [1.807, 2.05) is 0 Å². The van der Waals surface area contributed by atoms with Gasteiger partial charge in [-0.15, -0.1) is 0 Å². The second kappa shape index (κ2) is 3.22. The van der Waals surface area contributed by atoms with Crippen molar-refractivity contribution in [2.24, 2.45) is 0 Å². The number of rotatable bonds is 1. The molecule has 1 nitrogen and oxygen atoms in total. The number of methoxy groups -OCH3 is 1. The fourth-order valence-corrected chi connectivity index (χ4v) is 1.28. The van der Waals surface area contributed by atoms with Gasteiger partial charge in [0.15, 0.2) is 0 Å². The molecule has 0 bridgehead atoms. The molecular weight excluding hydrogens is 211 g/mol. The molecule has 1 aromatic rings. The van der Waals surface area contributed by atoms with Gasteiger partial charge in [0.25, 0.3) is 0 Å². The fraction of sp³-hybridized carbons (Fsp3) is 0.250. The summed E-state index contributed by atoms with van der Waals surface area (Å²) in [6.45, 7) is 1.68. The third kappa shape index (κ3) is 1.53. The molecule has 0 atom stereocenters. The van der Waals surface area contributed by atoms with E-state index < -0.39 is 0 Å². The van der Waals surface area contributed by atoms with E-state index >= 15 is 0 Å². The van der Waals surface area contributed by atoms with Gasteiger partial charge in [0.1, 0.15) is 11.6 Å². The molecule has 0 heterocycles. The first-order valence-electron chi connectivity index (χ1n) is 3.15. The van der Waals surface area contributed by atoms with Gasteiger partial charge in [-0.2, -0.15) is 0 Å². The molecule has 0 saturated carbocycles. The van der Waals surface area contributed by atoms with Gasteiger partial charge < -0.3 is 4.74 Å².